The largest absolute Gasteiger partial charge is 0.349 e. The van der Waals surface area contributed by atoms with Gasteiger partial charge in [0.25, 0.3) is 11.8 Å². The van der Waals surface area contributed by atoms with Crippen molar-refractivity contribution in [2.24, 2.45) is 0 Å². The SMILES string of the molecule is CN1C(=O)C(=Cc2ccccc2F)Sc2ccc(C(=O)NC3CCCCCCC3)cc21. The summed E-state index contributed by atoms with van der Waals surface area (Å²) in [5.41, 5.74) is 1.64. The highest BCUT2D eigenvalue weighted by Gasteiger charge is 2.28. The highest BCUT2D eigenvalue weighted by molar-refractivity contribution is 8.04. The van der Waals surface area contributed by atoms with Crippen LogP contribution in [0, 0.1) is 5.82 Å². The average molecular weight is 439 g/mol. The van der Waals surface area contributed by atoms with E-state index in [1.165, 1.54) is 42.0 Å². The highest BCUT2D eigenvalue weighted by Crippen LogP contribution is 2.42. The van der Waals surface area contributed by atoms with Gasteiger partial charge < -0.3 is 10.2 Å². The third-order valence-corrected chi connectivity index (χ3v) is 7.03. The fraction of sp³-hybridized carbons (Fsp3) is 0.360. The fourth-order valence-corrected chi connectivity index (χ4v) is 5.22. The molecular formula is C25H27FN2O2S. The molecule has 1 saturated carbocycles. The van der Waals surface area contributed by atoms with Crippen LogP contribution in [0.5, 0.6) is 0 Å². The third kappa shape index (κ3) is 5.01. The van der Waals surface area contributed by atoms with Gasteiger partial charge in [0.1, 0.15) is 5.82 Å². The lowest BCUT2D eigenvalue weighted by atomic mass is 9.96. The number of hydrogen-bond acceptors (Lipinski definition) is 3. The van der Waals surface area contributed by atoms with E-state index in [1.807, 2.05) is 6.07 Å². The van der Waals surface area contributed by atoms with E-state index in [4.69, 9.17) is 0 Å². The number of hydrogen-bond donors (Lipinski definition) is 1. The molecule has 1 aliphatic heterocycles. The summed E-state index contributed by atoms with van der Waals surface area (Å²) in [6, 6.07) is 12.0. The van der Waals surface area contributed by atoms with Crippen molar-refractivity contribution in [3.8, 4) is 0 Å². The second kappa shape index (κ2) is 9.69. The molecule has 162 valence electrons. The van der Waals surface area contributed by atoms with Gasteiger partial charge in [0.2, 0.25) is 0 Å². The Balaban J connectivity index is 1.53. The molecule has 0 bridgehead atoms. The van der Waals surface area contributed by atoms with E-state index in [0.717, 1.165) is 30.6 Å². The minimum absolute atomic E-state index is 0.0908. The van der Waals surface area contributed by atoms with Gasteiger partial charge in [-0.05, 0) is 43.2 Å². The van der Waals surface area contributed by atoms with Crippen LogP contribution in [0.1, 0.15) is 60.9 Å². The van der Waals surface area contributed by atoms with Crippen LogP contribution >= 0.6 is 11.8 Å². The van der Waals surface area contributed by atoms with E-state index in [2.05, 4.69) is 5.32 Å². The van der Waals surface area contributed by atoms with E-state index in [1.54, 1.807) is 43.5 Å². The third-order valence-electron chi connectivity index (χ3n) is 5.95. The maximum atomic E-state index is 14.0. The molecule has 2 aliphatic rings. The van der Waals surface area contributed by atoms with E-state index in [0.29, 0.717) is 21.7 Å². The lowest BCUT2D eigenvalue weighted by Crippen LogP contribution is -2.35. The van der Waals surface area contributed by atoms with Gasteiger partial charge in [0.15, 0.2) is 0 Å². The molecule has 1 fully saturated rings. The molecule has 0 saturated heterocycles. The van der Waals surface area contributed by atoms with Crippen molar-refractivity contribution >= 4 is 35.3 Å². The molecule has 0 aromatic heterocycles. The van der Waals surface area contributed by atoms with Gasteiger partial charge in [-0.2, -0.15) is 0 Å². The second-order valence-electron chi connectivity index (χ2n) is 8.19. The maximum Gasteiger partial charge on any atom is 0.264 e. The lowest BCUT2D eigenvalue weighted by Gasteiger charge is -2.27. The van der Waals surface area contributed by atoms with Gasteiger partial charge in [-0.25, -0.2) is 4.39 Å². The number of carbonyl (C=O) groups excluding carboxylic acids is 2. The number of likely N-dealkylation sites (N-methyl/N-ethyl adjacent to an activating group) is 1. The minimum Gasteiger partial charge on any atom is -0.349 e. The highest BCUT2D eigenvalue weighted by atomic mass is 32.2. The molecule has 2 aromatic rings. The molecule has 0 radical (unpaired) electrons. The van der Waals surface area contributed by atoms with Gasteiger partial charge in [0.05, 0.1) is 10.6 Å². The van der Waals surface area contributed by atoms with Crippen LogP contribution in [0.15, 0.2) is 52.3 Å². The molecule has 4 rings (SSSR count). The summed E-state index contributed by atoms with van der Waals surface area (Å²) in [5, 5.41) is 3.18. The van der Waals surface area contributed by atoms with E-state index in [9.17, 15) is 14.0 Å². The summed E-state index contributed by atoms with van der Waals surface area (Å²) in [4.78, 5) is 28.6. The van der Waals surface area contributed by atoms with Gasteiger partial charge in [-0.3, -0.25) is 9.59 Å². The van der Waals surface area contributed by atoms with Crippen molar-refractivity contribution in [1.29, 1.82) is 0 Å². The Kier molecular flexibility index (Phi) is 6.76. The minimum atomic E-state index is -0.363. The summed E-state index contributed by atoms with van der Waals surface area (Å²) in [6.07, 6.45) is 9.69. The number of fused-ring (bicyclic) bond motifs is 1. The Bertz CT molecular complexity index is 1010. The van der Waals surface area contributed by atoms with Gasteiger partial charge in [0, 0.05) is 29.1 Å². The number of rotatable bonds is 3. The smallest absolute Gasteiger partial charge is 0.264 e. The Hall–Kier alpha value is -2.60. The zero-order chi connectivity index (χ0) is 21.8. The number of nitrogens with zero attached hydrogens (tertiary/aromatic N) is 1. The first kappa shape index (κ1) is 21.6. The average Bonchev–Trinajstić information content (AvgIpc) is 2.75. The molecule has 0 spiro atoms. The Labute approximate surface area is 186 Å². The summed E-state index contributed by atoms with van der Waals surface area (Å²) >= 11 is 1.31. The van der Waals surface area contributed by atoms with Crippen LogP contribution in [-0.2, 0) is 4.79 Å². The molecule has 2 amide bonds. The van der Waals surface area contributed by atoms with Crippen molar-refractivity contribution in [2.45, 2.75) is 55.9 Å². The molecule has 1 N–H and O–H groups in total. The van der Waals surface area contributed by atoms with Gasteiger partial charge >= 0.3 is 0 Å². The van der Waals surface area contributed by atoms with Crippen LogP contribution < -0.4 is 10.2 Å². The van der Waals surface area contributed by atoms with Crippen LogP contribution in [0.25, 0.3) is 6.08 Å². The number of amides is 2. The molecule has 6 heteroatoms. The number of nitrogens with one attached hydrogen (secondary N) is 1. The molecule has 4 nitrogen and oxygen atoms in total. The number of anilines is 1. The van der Waals surface area contributed by atoms with Gasteiger partial charge in [-0.1, -0.05) is 62.1 Å². The number of thioether (sulfide) groups is 1. The number of halogens is 1. The van der Waals surface area contributed by atoms with Crippen LogP contribution in [0.3, 0.4) is 0 Å². The molecule has 1 aliphatic carbocycles. The van der Waals surface area contributed by atoms with Crippen molar-refractivity contribution in [2.75, 3.05) is 11.9 Å². The topological polar surface area (TPSA) is 49.4 Å². The van der Waals surface area contributed by atoms with Crippen LogP contribution in [0.2, 0.25) is 0 Å². The summed E-state index contributed by atoms with van der Waals surface area (Å²) in [6.45, 7) is 0. The predicted molar refractivity (Wildman–Crippen MR) is 124 cm³/mol. The normalized spacial score (nSPS) is 19.0. The predicted octanol–water partition coefficient (Wildman–Crippen LogP) is 5.78. The van der Waals surface area contributed by atoms with Crippen LogP contribution in [-0.4, -0.2) is 24.9 Å². The first-order valence-electron chi connectivity index (χ1n) is 10.9. The first-order chi connectivity index (χ1) is 15.0. The Morgan fingerprint density at radius 3 is 2.55 bits per heavy atom. The molecule has 2 aromatic carbocycles. The number of carbonyl (C=O) groups is 2. The van der Waals surface area contributed by atoms with Gasteiger partial charge in [-0.15, -0.1) is 0 Å². The number of benzene rings is 2. The summed E-state index contributed by atoms with van der Waals surface area (Å²) in [5.74, 6) is -0.664. The molecule has 31 heavy (non-hydrogen) atoms. The van der Waals surface area contributed by atoms with Crippen LogP contribution in [0.4, 0.5) is 10.1 Å². The molecule has 0 unspecified atom stereocenters. The summed E-state index contributed by atoms with van der Waals surface area (Å²) in [7, 11) is 1.69. The summed E-state index contributed by atoms with van der Waals surface area (Å²) < 4.78 is 14.0. The molecule has 0 atom stereocenters. The quantitative estimate of drug-likeness (QED) is 0.618. The van der Waals surface area contributed by atoms with Crippen molar-refractivity contribution in [3.63, 3.8) is 0 Å². The molecular weight excluding hydrogens is 411 g/mol. The fourth-order valence-electron chi connectivity index (χ4n) is 4.14. The molecule has 1 heterocycles. The van der Waals surface area contributed by atoms with E-state index in [-0.39, 0.29) is 23.7 Å². The monoisotopic (exact) mass is 438 g/mol. The van der Waals surface area contributed by atoms with E-state index >= 15 is 0 Å². The standard InChI is InChI=1S/C25H27FN2O2S/c1-28-21-15-18(24(29)27-19-10-5-3-2-4-6-11-19)13-14-22(21)31-23(25(28)30)16-17-9-7-8-12-20(17)26/h7-9,12-16,19H,2-6,10-11H2,1H3,(H,27,29). The zero-order valence-corrected chi connectivity index (χ0v) is 18.5. The zero-order valence-electron chi connectivity index (χ0n) is 17.7. The van der Waals surface area contributed by atoms with Crippen molar-refractivity contribution < 1.29 is 14.0 Å². The Morgan fingerprint density at radius 2 is 1.81 bits per heavy atom. The van der Waals surface area contributed by atoms with Crippen molar-refractivity contribution in [3.05, 3.63) is 64.3 Å². The van der Waals surface area contributed by atoms with Crippen molar-refractivity contribution in [1.82, 2.24) is 5.32 Å². The van der Waals surface area contributed by atoms with E-state index < -0.39 is 0 Å². The lowest BCUT2D eigenvalue weighted by molar-refractivity contribution is -0.114. The second-order valence-corrected chi connectivity index (χ2v) is 9.28. The maximum absolute atomic E-state index is 14.0. The first-order valence-corrected chi connectivity index (χ1v) is 11.7. The Morgan fingerprint density at radius 1 is 1.10 bits per heavy atom.